The first-order valence-electron chi connectivity index (χ1n) is 45.5. The second-order valence-corrected chi connectivity index (χ2v) is 35.8. The highest BCUT2D eigenvalue weighted by Gasteiger charge is 2.50. The van der Waals surface area contributed by atoms with E-state index in [0.29, 0.717) is 102 Å². The summed E-state index contributed by atoms with van der Waals surface area (Å²) in [6.45, 7) is 14.5. The molecule has 0 radical (unpaired) electrons. The molecule has 0 heterocycles. The van der Waals surface area contributed by atoms with E-state index in [0.717, 1.165) is 183 Å². The molecule has 4 aromatic carbocycles. The Bertz CT molecular complexity index is 3920. The van der Waals surface area contributed by atoms with Gasteiger partial charge in [0.2, 0.25) is 0 Å². The summed E-state index contributed by atoms with van der Waals surface area (Å²) in [5, 5.41) is 87.7. The van der Waals surface area contributed by atoms with Crippen molar-refractivity contribution >= 4 is 47.8 Å². The van der Waals surface area contributed by atoms with Crippen molar-refractivity contribution in [3.05, 3.63) is 117 Å². The fourth-order valence-electron chi connectivity index (χ4n) is 21.1. The highest BCUT2D eigenvalue weighted by Crippen LogP contribution is 2.53. The van der Waals surface area contributed by atoms with Crippen LogP contribution in [0.4, 0.5) is 0 Å². The minimum atomic E-state index is -0.997. The monoisotopic (exact) mass is 1700 g/mol. The summed E-state index contributed by atoms with van der Waals surface area (Å²) < 4.78 is 44.4. The van der Waals surface area contributed by atoms with Crippen LogP contribution in [0, 0.1) is 76.9 Å². The summed E-state index contributed by atoms with van der Waals surface area (Å²) in [5.41, 5.74) is 9.09. The predicted molar refractivity (Wildman–Crippen MR) is 456 cm³/mol. The maximum absolute atomic E-state index is 12.1. The molecule has 122 heavy (non-hydrogen) atoms. The molecule has 0 bridgehead atoms. The van der Waals surface area contributed by atoms with Gasteiger partial charge in [0, 0.05) is 19.3 Å². The van der Waals surface area contributed by atoms with Crippen molar-refractivity contribution < 1.29 is 122 Å². The predicted octanol–water partition coefficient (Wildman–Crippen LogP) is 14.3. The number of hydrogen-bond donors (Lipinski definition) is 9. The third-order valence-corrected chi connectivity index (χ3v) is 27.2. The quantitative estimate of drug-likeness (QED) is 0.0147. The van der Waals surface area contributed by atoms with E-state index >= 15 is 0 Å². The number of unbranched alkanes of at least 4 members (excludes halogenated alkanes) is 1. The molecule has 0 unspecified atom stereocenters. The summed E-state index contributed by atoms with van der Waals surface area (Å²) in [6.07, 6.45) is 21.3. The van der Waals surface area contributed by atoms with Crippen molar-refractivity contribution in [2.45, 2.75) is 303 Å². The van der Waals surface area contributed by atoms with Gasteiger partial charge >= 0.3 is 47.8 Å². The van der Waals surface area contributed by atoms with Crippen LogP contribution in [0.25, 0.3) is 0 Å². The van der Waals surface area contributed by atoms with Crippen LogP contribution < -0.4 is 18.9 Å². The topological polar surface area (TPSA) is 392 Å². The van der Waals surface area contributed by atoms with Crippen LogP contribution in [0.15, 0.2) is 72.8 Å². The molecule has 0 spiro atoms. The number of benzene rings is 4. The molecule has 8 aliphatic carbocycles. The first-order chi connectivity index (χ1) is 58.5. The molecule has 0 saturated heterocycles. The van der Waals surface area contributed by atoms with Crippen LogP contribution in [0.1, 0.15) is 248 Å². The fourth-order valence-corrected chi connectivity index (χ4v) is 21.1. The Morgan fingerprint density at radius 2 is 0.615 bits per heavy atom. The maximum atomic E-state index is 12.1. The van der Waals surface area contributed by atoms with Crippen molar-refractivity contribution in [3.8, 4) is 23.0 Å². The molecule has 4 saturated carbocycles. The summed E-state index contributed by atoms with van der Waals surface area (Å²) in [6, 6.07) is 23.3. The van der Waals surface area contributed by atoms with Crippen LogP contribution in [-0.4, -0.2) is 176 Å². The Labute approximate surface area is 720 Å². The largest absolute Gasteiger partial charge is 0.482 e. The Morgan fingerprint density at radius 1 is 0.352 bits per heavy atom. The number of carboxylic acid groups (broad SMARTS) is 4. The lowest BCUT2D eigenvalue weighted by Gasteiger charge is -2.32. The van der Waals surface area contributed by atoms with E-state index in [-0.39, 0.29) is 142 Å². The molecule has 4 fully saturated rings. The standard InChI is InChI=1S/2C25H36O6.C24H34O6.C23H32O7/c1-4-18(31-25(29)10-15(2)3)8-9-19-20-11-16-6-5-7-23(30-14-24(27)28)21(16)12-17(20)13-22(19)26;1-3-5-9-25(29)31-18(4-2)10-11-19-20-12-16-7-6-8-23(30-15-24(27)28)21(16)13-17(20)14-22(19)26;1-3-6-24(28)30-17(4-2)9-10-18-19-11-15-7-5-8-22(29-14-23(26)27)20(15)12-16(19)13-21(18)25;1-2-16(30-23(28)8-9-24)6-7-17-18-10-14-4-3-5-21(29-13-22(26)27)19(14)11-15(18)12-20(17)25/h5-7,15,17-20,22,26H,4,8-14H2,1-3H3,(H,27,28);6-8,17-20,22,26H,3-5,9-15H2,1-2H3,(H,27,28);5,7-8,16-19,21,25H,3-4,6,9-14H2,1-2H3,(H,26,27);3-5,15-18,20,24-25H,2,6-13H2,1H3,(H,26,27)/t2*17-,18-,19+,20-,22+;16-,17-,18+,19-,21+;15-,16-,17+,18-,20+/m0000/s1. The molecule has 8 aliphatic rings. The van der Waals surface area contributed by atoms with E-state index in [9.17, 15) is 58.8 Å². The van der Waals surface area contributed by atoms with Crippen molar-refractivity contribution in [1.29, 1.82) is 0 Å². The molecule has 25 heteroatoms. The highest BCUT2D eigenvalue weighted by molar-refractivity contribution is 5.72. The molecule has 0 aliphatic heterocycles. The smallest absolute Gasteiger partial charge is 0.341 e. The lowest BCUT2D eigenvalue weighted by atomic mass is 9.73. The zero-order chi connectivity index (χ0) is 88.3. The van der Waals surface area contributed by atoms with Crippen molar-refractivity contribution in [3.63, 3.8) is 0 Å². The van der Waals surface area contributed by atoms with Gasteiger partial charge < -0.3 is 83.9 Å². The number of carbonyl (C=O) groups excluding carboxylic acids is 4. The van der Waals surface area contributed by atoms with Crippen molar-refractivity contribution in [1.82, 2.24) is 0 Å². The number of aliphatic hydroxyl groups is 5. The van der Waals surface area contributed by atoms with E-state index in [1.54, 1.807) is 0 Å². The minimum absolute atomic E-state index is 0.0102. The first kappa shape index (κ1) is 97.4. The van der Waals surface area contributed by atoms with Gasteiger partial charge in [0.1, 0.15) is 47.4 Å². The molecule has 4 aromatic rings. The normalized spacial score (nSPS) is 25.7. The molecule has 0 aromatic heterocycles. The van der Waals surface area contributed by atoms with Crippen LogP contribution in [-0.2, 0) is 109 Å². The minimum Gasteiger partial charge on any atom is -0.482 e. The number of carbonyl (C=O) groups is 8. The molecule has 20 atom stereocenters. The number of aliphatic hydroxyl groups excluding tert-OH is 5. The molecule has 25 nitrogen and oxygen atoms in total. The number of aliphatic carboxylic acids is 4. The van der Waals surface area contributed by atoms with Crippen LogP contribution in [0.3, 0.4) is 0 Å². The maximum Gasteiger partial charge on any atom is 0.341 e. The van der Waals surface area contributed by atoms with Gasteiger partial charge in [-0.25, -0.2) is 19.2 Å². The van der Waals surface area contributed by atoms with Gasteiger partial charge in [-0.2, -0.15) is 0 Å². The van der Waals surface area contributed by atoms with Gasteiger partial charge in [0.05, 0.1) is 37.4 Å². The Kier molecular flexibility index (Phi) is 38.5. The Morgan fingerprint density at radius 3 is 0.852 bits per heavy atom. The van der Waals surface area contributed by atoms with E-state index in [4.69, 9.17) is 63.4 Å². The molecule has 676 valence electrons. The van der Waals surface area contributed by atoms with E-state index < -0.39 is 23.9 Å². The fraction of sp³-hybridized carbons (Fsp3) is 0.670. The highest BCUT2D eigenvalue weighted by atomic mass is 16.6. The SMILES string of the molecule is CCCC(=O)O[C@@H](CC)CC[C@@H]1[C@H]2Cc3cccc(OCC(=O)O)c3C[C@H]2C[C@H]1O.CCCCC(=O)O[C@@H](CC)CC[C@@H]1[C@H]2Cc3cccc(OCC(=O)O)c3C[C@H]2C[C@H]1O.CC[C@@H](CC[C@@H]1[C@H]2Cc3cccc(OCC(=O)O)c3C[C@H]2C[C@H]1O)OC(=O)CC(C)C.CC[C@@H](CC[C@@H]1[C@H]2Cc3cccc(OCC(=O)O)c3C[C@H]2C[C@H]1O)OC(=O)CCO. The molecule has 12 rings (SSSR count). The third kappa shape index (κ3) is 27.8. The summed E-state index contributed by atoms with van der Waals surface area (Å²) >= 11 is 0. The molecule has 0 amide bonds. The van der Waals surface area contributed by atoms with Gasteiger partial charge in [-0.05, 0) is 313 Å². The average molecular weight is 1700 g/mol. The van der Waals surface area contributed by atoms with E-state index in [1.807, 2.05) is 97.0 Å². The van der Waals surface area contributed by atoms with Crippen LogP contribution in [0.2, 0.25) is 0 Å². The number of fused-ring (bicyclic) bond motifs is 8. The van der Waals surface area contributed by atoms with Crippen LogP contribution in [0.5, 0.6) is 23.0 Å². The number of rotatable bonds is 41. The average Bonchev–Trinajstić information content (AvgIpc) is 1.62. The lowest BCUT2D eigenvalue weighted by molar-refractivity contribution is -0.151. The van der Waals surface area contributed by atoms with Gasteiger partial charge in [-0.3, -0.25) is 19.2 Å². The summed E-state index contributed by atoms with van der Waals surface area (Å²) in [4.78, 5) is 91.1. The van der Waals surface area contributed by atoms with Gasteiger partial charge in [0.25, 0.3) is 0 Å². The zero-order valence-corrected chi connectivity index (χ0v) is 73.1. The Balaban J connectivity index is 0.000000185. The zero-order valence-electron chi connectivity index (χ0n) is 73.1. The summed E-state index contributed by atoms with van der Waals surface area (Å²) in [5.74, 6) is 1.90. The number of hydrogen-bond acceptors (Lipinski definition) is 21. The van der Waals surface area contributed by atoms with Gasteiger partial charge in [-0.1, -0.05) is 110 Å². The number of ether oxygens (including phenoxy) is 8. The van der Waals surface area contributed by atoms with Crippen molar-refractivity contribution in [2.24, 2.45) is 76.9 Å². The van der Waals surface area contributed by atoms with Crippen LogP contribution >= 0.6 is 0 Å². The Hall–Kier alpha value is -8.36. The van der Waals surface area contributed by atoms with Gasteiger partial charge in [0.15, 0.2) is 26.4 Å². The van der Waals surface area contributed by atoms with Crippen molar-refractivity contribution in [2.75, 3.05) is 33.0 Å². The van der Waals surface area contributed by atoms with Gasteiger partial charge in [-0.15, -0.1) is 0 Å². The number of carboxylic acids is 4. The molecular weight excluding hydrogens is 1570 g/mol. The lowest BCUT2D eigenvalue weighted by Crippen LogP contribution is -2.28. The second-order valence-electron chi connectivity index (χ2n) is 35.8. The second kappa shape index (κ2) is 48.2. The summed E-state index contributed by atoms with van der Waals surface area (Å²) in [7, 11) is 0. The molecule has 9 N–H and O–H groups in total. The van der Waals surface area contributed by atoms with E-state index in [2.05, 4.69) is 31.2 Å². The van der Waals surface area contributed by atoms with E-state index in [1.165, 1.54) is 22.3 Å². The first-order valence-corrected chi connectivity index (χ1v) is 45.5. The third-order valence-electron chi connectivity index (χ3n) is 27.2. The molecular formula is C97H138O25. The number of esters is 4.